The summed E-state index contributed by atoms with van der Waals surface area (Å²) in [6.07, 6.45) is 0. The van der Waals surface area contributed by atoms with Gasteiger partial charge in [0.15, 0.2) is 0 Å². The Hall–Kier alpha value is -0.900. The average molecular weight is 242 g/mol. The van der Waals surface area contributed by atoms with Crippen LogP contribution in [0.2, 0.25) is 0 Å². The van der Waals surface area contributed by atoms with Gasteiger partial charge >= 0.3 is 0 Å². The van der Waals surface area contributed by atoms with Gasteiger partial charge in [0.2, 0.25) is 5.24 Å². The van der Waals surface area contributed by atoms with E-state index < -0.39 is 5.24 Å². The molecular formula is C12H16ClNO2. The van der Waals surface area contributed by atoms with Gasteiger partial charge < -0.3 is 10.1 Å². The Morgan fingerprint density at radius 1 is 1.44 bits per heavy atom. The van der Waals surface area contributed by atoms with E-state index in [0.29, 0.717) is 6.61 Å². The number of halogens is 1. The average Bonchev–Trinajstić information content (AvgIpc) is 2.27. The van der Waals surface area contributed by atoms with E-state index in [-0.39, 0.29) is 12.6 Å². The maximum Gasteiger partial charge on any atom is 0.247 e. The van der Waals surface area contributed by atoms with E-state index in [1.807, 2.05) is 25.1 Å². The monoisotopic (exact) mass is 241 g/mol. The van der Waals surface area contributed by atoms with Crippen molar-refractivity contribution in [2.24, 2.45) is 0 Å². The van der Waals surface area contributed by atoms with Crippen LogP contribution in [-0.2, 0) is 16.1 Å². The number of carbonyl (C=O) groups excluding carboxylic acids is 1. The molecule has 0 bridgehead atoms. The van der Waals surface area contributed by atoms with Crippen molar-refractivity contribution >= 4 is 16.8 Å². The lowest BCUT2D eigenvalue weighted by atomic mass is 10.2. The zero-order chi connectivity index (χ0) is 11.8. The first-order valence-corrected chi connectivity index (χ1v) is 5.59. The lowest BCUT2D eigenvalue weighted by molar-refractivity contribution is -0.116. The van der Waals surface area contributed by atoms with Gasteiger partial charge in [0.1, 0.15) is 6.61 Å². The van der Waals surface area contributed by atoms with Crippen LogP contribution >= 0.6 is 11.6 Å². The molecule has 3 nitrogen and oxygen atoms in total. The molecule has 0 spiro atoms. The molecule has 0 aliphatic rings. The molecule has 0 heterocycles. The Morgan fingerprint density at radius 2 is 2.12 bits per heavy atom. The van der Waals surface area contributed by atoms with E-state index in [4.69, 9.17) is 16.3 Å². The summed E-state index contributed by atoms with van der Waals surface area (Å²) in [4.78, 5) is 10.4. The molecule has 4 heteroatoms. The summed E-state index contributed by atoms with van der Waals surface area (Å²) in [7, 11) is 0. The molecule has 0 amide bonds. The van der Waals surface area contributed by atoms with Crippen LogP contribution in [0.4, 0.5) is 0 Å². The van der Waals surface area contributed by atoms with Crippen molar-refractivity contribution in [1.82, 2.24) is 5.32 Å². The summed E-state index contributed by atoms with van der Waals surface area (Å²) in [5.74, 6) is 0. The number of hydrogen-bond acceptors (Lipinski definition) is 3. The van der Waals surface area contributed by atoms with Gasteiger partial charge in [0, 0.05) is 12.6 Å². The van der Waals surface area contributed by atoms with E-state index in [0.717, 1.165) is 6.54 Å². The summed E-state index contributed by atoms with van der Waals surface area (Å²) >= 11 is 5.15. The Morgan fingerprint density at radius 3 is 2.75 bits per heavy atom. The van der Waals surface area contributed by atoms with Crippen LogP contribution in [0.25, 0.3) is 0 Å². The molecule has 0 unspecified atom stereocenters. The fourth-order valence-electron chi connectivity index (χ4n) is 1.26. The van der Waals surface area contributed by atoms with Crippen molar-refractivity contribution < 1.29 is 9.53 Å². The fraction of sp³-hybridized carbons (Fsp3) is 0.417. The van der Waals surface area contributed by atoms with Crippen LogP contribution in [-0.4, -0.2) is 24.5 Å². The SMILES string of the molecule is C[C@H](COCC(=O)Cl)NCc1ccccc1. The maximum atomic E-state index is 10.4. The summed E-state index contributed by atoms with van der Waals surface area (Å²) in [5.41, 5.74) is 1.22. The van der Waals surface area contributed by atoms with Gasteiger partial charge in [-0.05, 0) is 24.1 Å². The Kier molecular flexibility index (Phi) is 6.08. The van der Waals surface area contributed by atoms with Crippen LogP contribution in [0.1, 0.15) is 12.5 Å². The van der Waals surface area contributed by atoms with Crippen molar-refractivity contribution in [3.05, 3.63) is 35.9 Å². The van der Waals surface area contributed by atoms with E-state index in [2.05, 4.69) is 17.4 Å². The van der Waals surface area contributed by atoms with Gasteiger partial charge in [-0.25, -0.2) is 0 Å². The molecule has 1 rings (SSSR count). The largest absolute Gasteiger partial charge is 0.371 e. The highest BCUT2D eigenvalue weighted by Crippen LogP contribution is 1.98. The lowest BCUT2D eigenvalue weighted by Crippen LogP contribution is -2.30. The van der Waals surface area contributed by atoms with Gasteiger partial charge in [-0.1, -0.05) is 30.3 Å². The first-order valence-electron chi connectivity index (χ1n) is 5.22. The van der Waals surface area contributed by atoms with Crippen LogP contribution < -0.4 is 5.32 Å². The molecule has 0 saturated carbocycles. The smallest absolute Gasteiger partial charge is 0.247 e. The molecule has 1 aromatic rings. The predicted molar refractivity (Wildman–Crippen MR) is 64.4 cm³/mol. The highest BCUT2D eigenvalue weighted by molar-refractivity contribution is 6.63. The Balaban J connectivity index is 2.15. The van der Waals surface area contributed by atoms with Crippen molar-refractivity contribution in [3.8, 4) is 0 Å². The van der Waals surface area contributed by atoms with Crippen molar-refractivity contribution in [2.45, 2.75) is 19.5 Å². The summed E-state index contributed by atoms with van der Waals surface area (Å²) in [5, 5.41) is 2.83. The Labute approximate surface area is 101 Å². The van der Waals surface area contributed by atoms with Gasteiger partial charge in [0.05, 0.1) is 6.61 Å². The molecule has 0 fully saturated rings. The minimum atomic E-state index is -0.463. The Bertz CT molecular complexity index is 316. The number of hydrogen-bond donors (Lipinski definition) is 1. The topological polar surface area (TPSA) is 38.3 Å². The number of carbonyl (C=O) groups is 1. The third kappa shape index (κ3) is 5.85. The van der Waals surface area contributed by atoms with Crippen LogP contribution in [0.15, 0.2) is 30.3 Å². The second-order valence-corrected chi connectivity index (χ2v) is 4.06. The van der Waals surface area contributed by atoms with Crippen molar-refractivity contribution in [2.75, 3.05) is 13.2 Å². The van der Waals surface area contributed by atoms with E-state index in [1.165, 1.54) is 5.56 Å². The normalized spacial score (nSPS) is 12.4. The predicted octanol–water partition coefficient (Wildman–Crippen LogP) is 1.95. The van der Waals surface area contributed by atoms with Crippen molar-refractivity contribution in [3.63, 3.8) is 0 Å². The van der Waals surface area contributed by atoms with Gasteiger partial charge in [-0.15, -0.1) is 0 Å². The van der Waals surface area contributed by atoms with E-state index in [1.54, 1.807) is 0 Å². The maximum absolute atomic E-state index is 10.4. The number of rotatable bonds is 7. The zero-order valence-electron chi connectivity index (χ0n) is 9.28. The van der Waals surface area contributed by atoms with Crippen molar-refractivity contribution in [1.29, 1.82) is 0 Å². The highest BCUT2D eigenvalue weighted by atomic mass is 35.5. The summed E-state index contributed by atoms with van der Waals surface area (Å²) in [6, 6.07) is 10.3. The molecule has 0 aromatic heterocycles. The minimum Gasteiger partial charge on any atom is -0.371 e. The van der Waals surface area contributed by atoms with Gasteiger partial charge in [-0.2, -0.15) is 0 Å². The van der Waals surface area contributed by atoms with E-state index in [9.17, 15) is 4.79 Å². The first kappa shape index (κ1) is 13.2. The highest BCUT2D eigenvalue weighted by Gasteiger charge is 2.03. The fourth-order valence-corrected chi connectivity index (χ4v) is 1.34. The summed E-state index contributed by atoms with van der Waals surface area (Å²) in [6.45, 7) is 3.24. The second kappa shape index (κ2) is 7.39. The van der Waals surface area contributed by atoms with Gasteiger partial charge in [-0.3, -0.25) is 4.79 Å². The quantitative estimate of drug-likeness (QED) is 0.742. The number of ether oxygens (including phenoxy) is 1. The molecule has 16 heavy (non-hydrogen) atoms. The second-order valence-electron chi connectivity index (χ2n) is 3.64. The molecular weight excluding hydrogens is 226 g/mol. The first-order chi connectivity index (χ1) is 7.68. The number of nitrogens with one attached hydrogen (secondary N) is 1. The third-order valence-electron chi connectivity index (χ3n) is 2.08. The molecule has 0 saturated heterocycles. The molecule has 88 valence electrons. The molecule has 1 N–H and O–H groups in total. The molecule has 1 aromatic carbocycles. The molecule has 0 aliphatic heterocycles. The van der Waals surface area contributed by atoms with Crippen LogP contribution in [0, 0.1) is 0 Å². The molecule has 0 aliphatic carbocycles. The van der Waals surface area contributed by atoms with Crippen LogP contribution in [0.5, 0.6) is 0 Å². The third-order valence-corrected chi connectivity index (χ3v) is 2.19. The standard InChI is InChI=1S/C12H16ClNO2/c1-10(8-16-9-12(13)15)14-7-11-5-3-2-4-6-11/h2-6,10,14H,7-9H2,1H3/t10-/m1/s1. The van der Waals surface area contributed by atoms with Crippen LogP contribution in [0.3, 0.4) is 0 Å². The molecule has 1 atom stereocenters. The lowest BCUT2D eigenvalue weighted by Gasteiger charge is -2.13. The zero-order valence-corrected chi connectivity index (χ0v) is 10.0. The van der Waals surface area contributed by atoms with E-state index >= 15 is 0 Å². The number of benzene rings is 1. The molecule has 0 radical (unpaired) electrons. The summed E-state index contributed by atoms with van der Waals surface area (Å²) < 4.78 is 5.10. The van der Waals surface area contributed by atoms with Gasteiger partial charge in [0.25, 0.3) is 0 Å². The minimum absolute atomic E-state index is 0.0289.